The van der Waals surface area contributed by atoms with Crippen molar-refractivity contribution in [2.24, 2.45) is 11.3 Å². The van der Waals surface area contributed by atoms with Crippen molar-refractivity contribution in [3.63, 3.8) is 0 Å². The molecule has 0 radical (unpaired) electrons. The lowest BCUT2D eigenvalue weighted by Crippen LogP contribution is -2.31. The lowest BCUT2D eigenvalue weighted by atomic mass is 9.79. The van der Waals surface area contributed by atoms with E-state index in [4.69, 9.17) is 9.84 Å². The number of carbonyl (C=O) groups is 2. The Hall–Kier alpha value is -1.32. The summed E-state index contributed by atoms with van der Waals surface area (Å²) < 4.78 is 4.97. The van der Waals surface area contributed by atoms with Gasteiger partial charge in [-0.3, -0.25) is 9.59 Å². The first-order valence-corrected chi connectivity index (χ1v) is 5.78. The molecule has 0 aromatic rings. The highest BCUT2D eigenvalue weighted by Gasteiger charge is 2.33. The van der Waals surface area contributed by atoms with Crippen molar-refractivity contribution < 1.29 is 19.4 Å². The Labute approximate surface area is 103 Å². The molecule has 0 saturated heterocycles. The van der Waals surface area contributed by atoms with E-state index in [1.54, 1.807) is 26.8 Å². The molecule has 1 atom stereocenters. The van der Waals surface area contributed by atoms with E-state index in [0.29, 0.717) is 6.61 Å². The fourth-order valence-corrected chi connectivity index (χ4v) is 1.40. The molecule has 0 aliphatic carbocycles. The van der Waals surface area contributed by atoms with Crippen molar-refractivity contribution in [1.82, 2.24) is 0 Å². The van der Waals surface area contributed by atoms with Crippen LogP contribution >= 0.6 is 0 Å². The van der Waals surface area contributed by atoms with E-state index in [1.807, 2.05) is 0 Å². The number of carboxylic acids is 1. The summed E-state index contributed by atoms with van der Waals surface area (Å²) in [7, 11) is 0. The Kier molecular flexibility index (Phi) is 6.54. The van der Waals surface area contributed by atoms with Gasteiger partial charge >= 0.3 is 11.9 Å². The predicted octanol–water partition coefficient (Wildman–Crippen LogP) is 2.63. The topological polar surface area (TPSA) is 63.6 Å². The summed E-state index contributed by atoms with van der Waals surface area (Å²) in [6, 6.07) is 0. The summed E-state index contributed by atoms with van der Waals surface area (Å²) in [5.74, 6) is -2.12. The molecule has 17 heavy (non-hydrogen) atoms. The van der Waals surface area contributed by atoms with Gasteiger partial charge in [0.25, 0.3) is 0 Å². The molecule has 0 aromatic carbocycles. The molecule has 1 N–H and O–H groups in total. The van der Waals surface area contributed by atoms with Gasteiger partial charge in [-0.1, -0.05) is 26.8 Å². The number of hydrogen-bond donors (Lipinski definition) is 1. The molecular formula is C13H22O4. The largest absolute Gasteiger partial charge is 0.481 e. The predicted molar refractivity (Wildman–Crippen MR) is 65.6 cm³/mol. The SMILES string of the molecule is C=CCCCOC(=O)C[C@H](C(=O)O)C(C)(C)C. The van der Waals surface area contributed by atoms with Gasteiger partial charge in [0.1, 0.15) is 0 Å². The van der Waals surface area contributed by atoms with E-state index < -0.39 is 23.3 Å². The molecule has 0 saturated carbocycles. The molecule has 4 nitrogen and oxygen atoms in total. The van der Waals surface area contributed by atoms with Crippen molar-refractivity contribution in [3.05, 3.63) is 12.7 Å². The molecule has 0 bridgehead atoms. The molecule has 4 heteroatoms. The number of aliphatic carboxylic acids is 1. The van der Waals surface area contributed by atoms with Gasteiger partial charge in [-0.2, -0.15) is 0 Å². The number of rotatable bonds is 7. The van der Waals surface area contributed by atoms with Crippen molar-refractivity contribution in [2.45, 2.75) is 40.0 Å². The molecule has 98 valence electrons. The zero-order valence-electron chi connectivity index (χ0n) is 10.9. The van der Waals surface area contributed by atoms with Crippen molar-refractivity contribution in [1.29, 1.82) is 0 Å². The molecule has 0 aliphatic rings. The minimum Gasteiger partial charge on any atom is -0.481 e. The minimum atomic E-state index is -0.958. The van der Waals surface area contributed by atoms with E-state index in [0.717, 1.165) is 12.8 Å². The van der Waals surface area contributed by atoms with Gasteiger partial charge < -0.3 is 9.84 Å². The van der Waals surface area contributed by atoms with Crippen LogP contribution in [0.5, 0.6) is 0 Å². The molecule has 0 rings (SSSR count). The zero-order valence-corrected chi connectivity index (χ0v) is 10.9. The number of ether oxygens (including phenoxy) is 1. The summed E-state index contributed by atoms with van der Waals surface area (Å²) in [5, 5.41) is 9.05. The number of esters is 1. The highest BCUT2D eigenvalue weighted by molar-refractivity contribution is 5.79. The second kappa shape index (κ2) is 7.09. The maximum atomic E-state index is 11.5. The van der Waals surface area contributed by atoms with Gasteiger partial charge in [0, 0.05) is 0 Å². The maximum absolute atomic E-state index is 11.5. The summed E-state index contributed by atoms with van der Waals surface area (Å²) >= 11 is 0. The molecule has 0 heterocycles. The van der Waals surface area contributed by atoms with Crippen LogP contribution in [0.2, 0.25) is 0 Å². The van der Waals surface area contributed by atoms with Gasteiger partial charge in [-0.25, -0.2) is 0 Å². The van der Waals surface area contributed by atoms with Gasteiger partial charge in [0.2, 0.25) is 0 Å². The van der Waals surface area contributed by atoms with Crippen LogP contribution in [0.3, 0.4) is 0 Å². The standard InChI is InChI=1S/C13H22O4/c1-5-6-7-8-17-11(14)9-10(12(15)16)13(2,3)4/h5,10H,1,6-9H2,2-4H3,(H,15,16)/t10-/m1/s1. The summed E-state index contributed by atoms with van der Waals surface area (Å²) in [4.78, 5) is 22.5. The van der Waals surface area contributed by atoms with E-state index in [2.05, 4.69) is 6.58 Å². The van der Waals surface area contributed by atoms with Crippen LogP contribution < -0.4 is 0 Å². The van der Waals surface area contributed by atoms with E-state index in [1.165, 1.54) is 0 Å². The second-order valence-electron chi connectivity index (χ2n) is 5.11. The summed E-state index contributed by atoms with van der Waals surface area (Å²) in [6.45, 7) is 9.29. The Morgan fingerprint density at radius 2 is 2.00 bits per heavy atom. The third-order valence-electron chi connectivity index (χ3n) is 2.53. The first-order valence-electron chi connectivity index (χ1n) is 5.78. The van der Waals surface area contributed by atoms with Crippen LogP contribution in [0.4, 0.5) is 0 Å². The zero-order chi connectivity index (χ0) is 13.5. The van der Waals surface area contributed by atoms with E-state index in [9.17, 15) is 9.59 Å². The smallest absolute Gasteiger partial charge is 0.307 e. The lowest BCUT2D eigenvalue weighted by molar-refractivity contribution is -0.155. The van der Waals surface area contributed by atoms with Crippen molar-refractivity contribution in [3.8, 4) is 0 Å². The van der Waals surface area contributed by atoms with Crippen molar-refractivity contribution in [2.75, 3.05) is 6.61 Å². The molecule has 0 aliphatic heterocycles. The first-order chi connectivity index (χ1) is 7.79. The molecule has 0 unspecified atom stereocenters. The maximum Gasteiger partial charge on any atom is 0.307 e. The average Bonchev–Trinajstić information content (AvgIpc) is 2.19. The average molecular weight is 242 g/mol. The van der Waals surface area contributed by atoms with Crippen LogP contribution in [0.25, 0.3) is 0 Å². The van der Waals surface area contributed by atoms with E-state index >= 15 is 0 Å². The Morgan fingerprint density at radius 3 is 2.41 bits per heavy atom. The first kappa shape index (κ1) is 15.7. The Bertz CT molecular complexity index is 276. The lowest BCUT2D eigenvalue weighted by Gasteiger charge is -2.26. The molecule has 0 aromatic heterocycles. The number of carbonyl (C=O) groups excluding carboxylic acids is 1. The van der Waals surface area contributed by atoms with Crippen LogP contribution in [-0.4, -0.2) is 23.7 Å². The van der Waals surface area contributed by atoms with Crippen LogP contribution in [0.1, 0.15) is 40.0 Å². The third kappa shape index (κ3) is 6.76. The van der Waals surface area contributed by atoms with Crippen molar-refractivity contribution >= 4 is 11.9 Å². The highest BCUT2D eigenvalue weighted by Crippen LogP contribution is 2.29. The molecule has 0 amide bonds. The minimum absolute atomic E-state index is 0.0765. The summed E-state index contributed by atoms with van der Waals surface area (Å²) in [6.07, 6.45) is 3.19. The number of carboxylic acid groups (broad SMARTS) is 1. The monoisotopic (exact) mass is 242 g/mol. The van der Waals surface area contributed by atoms with Crippen LogP contribution in [0.15, 0.2) is 12.7 Å². The molecular weight excluding hydrogens is 220 g/mol. The second-order valence-corrected chi connectivity index (χ2v) is 5.11. The van der Waals surface area contributed by atoms with Gasteiger partial charge in [0.05, 0.1) is 18.9 Å². The highest BCUT2D eigenvalue weighted by atomic mass is 16.5. The summed E-state index contributed by atoms with van der Waals surface area (Å²) in [5.41, 5.74) is -0.452. The number of allylic oxidation sites excluding steroid dienone is 1. The van der Waals surface area contributed by atoms with E-state index in [-0.39, 0.29) is 6.42 Å². The van der Waals surface area contributed by atoms with Crippen LogP contribution in [-0.2, 0) is 14.3 Å². The van der Waals surface area contributed by atoms with Crippen LogP contribution in [0, 0.1) is 11.3 Å². The molecule has 0 fully saturated rings. The third-order valence-corrected chi connectivity index (χ3v) is 2.53. The van der Waals surface area contributed by atoms with Gasteiger partial charge in [-0.05, 0) is 18.3 Å². The normalized spacial score (nSPS) is 12.9. The number of hydrogen-bond acceptors (Lipinski definition) is 3. The molecule has 0 spiro atoms. The Balaban J connectivity index is 4.15. The van der Waals surface area contributed by atoms with Gasteiger partial charge in [0.15, 0.2) is 0 Å². The quantitative estimate of drug-likeness (QED) is 0.423. The fourth-order valence-electron chi connectivity index (χ4n) is 1.40. The van der Waals surface area contributed by atoms with Gasteiger partial charge in [-0.15, -0.1) is 6.58 Å². The fraction of sp³-hybridized carbons (Fsp3) is 0.692. The Morgan fingerprint density at radius 1 is 1.41 bits per heavy atom. The number of unbranched alkanes of at least 4 members (excludes halogenated alkanes) is 1.